The molecule has 3 aromatic heterocycles. The Morgan fingerprint density at radius 2 is 1.97 bits per heavy atom. The fourth-order valence-electron chi connectivity index (χ4n) is 4.31. The molecule has 0 saturated heterocycles. The van der Waals surface area contributed by atoms with Gasteiger partial charge in [0.05, 0.1) is 29.9 Å². The molecule has 0 bridgehead atoms. The molecule has 1 aliphatic heterocycles. The van der Waals surface area contributed by atoms with Gasteiger partial charge in [0.1, 0.15) is 0 Å². The average molecular weight is 456 g/mol. The lowest BCUT2D eigenvalue weighted by Gasteiger charge is -2.11. The number of hydrogen-bond acceptors (Lipinski definition) is 6. The van der Waals surface area contributed by atoms with Crippen molar-refractivity contribution in [3.63, 3.8) is 0 Å². The summed E-state index contributed by atoms with van der Waals surface area (Å²) in [7, 11) is 0. The summed E-state index contributed by atoms with van der Waals surface area (Å²) in [5, 5.41) is 8.51. The van der Waals surface area contributed by atoms with Gasteiger partial charge < -0.3 is 14.8 Å². The minimum Gasteiger partial charge on any atom is -0.490 e. The smallest absolute Gasteiger partial charge is 0.252 e. The van der Waals surface area contributed by atoms with E-state index >= 15 is 0 Å². The number of carbonyl (C=O) groups is 1. The zero-order chi connectivity index (χ0) is 23.1. The highest BCUT2D eigenvalue weighted by Gasteiger charge is 2.29. The molecule has 1 aliphatic carbocycles. The Bertz CT molecular complexity index is 1380. The van der Waals surface area contributed by atoms with E-state index in [4.69, 9.17) is 14.5 Å². The van der Waals surface area contributed by atoms with Crippen LogP contribution in [0, 0.1) is 6.92 Å². The number of aryl methyl sites for hydroxylation is 1. The number of aromatic nitrogens is 4. The predicted octanol–water partition coefficient (Wildman–Crippen LogP) is 4.09. The second-order valence-electron chi connectivity index (χ2n) is 8.77. The van der Waals surface area contributed by atoms with Gasteiger partial charge in [-0.3, -0.25) is 4.79 Å². The number of nitrogens with zero attached hydrogens (tertiary/aromatic N) is 4. The first-order valence-electron chi connectivity index (χ1n) is 11.7. The third-order valence-electron chi connectivity index (χ3n) is 6.20. The van der Waals surface area contributed by atoms with E-state index in [9.17, 15) is 4.79 Å². The number of fused-ring (bicyclic) bond motifs is 2. The largest absolute Gasteiger partial charge is 0.490 e. The van der Waals surface area contributed by atoms with Gasteiger partial charge in [-0.2, -0.15) is 9.78 Å². The number of pyridine rings is 2. The number of rotatable bonds is 5. The van der Waals surface area contributed by atoms with Crippen molar-refractivity contribution < 1.29 is 14.3 Å². The Morgan fingerprint density at radius 1 is 1.12 bits per heavy atom. The molecule has 1 amide bonds. The zero-order valence-corrected chi connectivity index (χ0v) is 19.0. The second kappa shape index (κ2) is 8.44. The summed E-state index contributed by atoms with van der Waals surface area (Å²) in [4.78, 5) is 22.8. The zero-order valence-electron chi connectivity index (χ0n) is 19.0. The normalized spacial score (nSPS) is 15.2. The molecule has 2 aliphatic rings. The Morgan fingerprint density at radius 3 is 2.76 bits per heavy atom. The molecule has 0 unspecified atom stereocenters. The summed E-state index contributed by atoms with van der Waals surface area (Å²) in [6, 6.07) is 13.4. The van der Waals surface area contributed by atoms with E-state index in [0.717, 1.165) is 53.1 Å². The molecule has 0 atom stereocenters. The molecule has 0 radical (unpaired) electrons. The van der Waals surface area contributed by atoms with Gasteiger partial charge in [0.2, 0.25) is 0 Å². The SMILES string of the molecule is Cc1nn(-c2ccccn2)c2nc(C3CC3)cc(C(=O)NCc3ccc4c(c3)OCCCO4)c12. The highest BCUT2D eigenvalue weighted by Crippen LogP contribution is 2.40. The molecular formula is C26H25N5O3. The Kier molecular flexibility index (Phi) is 5.13. The highest BCUT2D eigenvalue weighted by atomic mass is 16.5. The molecule has 1 aromatic carbocycles. The summed E-state index contributed by atoms with van der Waals surface area (Å²) in [5.41, 5.74) is 3.90. The van der Waals surface area contributed by atoms with Gasteiger partial charge in [0, 0.05) is 30.8 Å². The highest BCUT2D eigenvalue weighted by molar-refractivity contribution is 6.06. The van der Waals surface area contributed by atoms with Crippen molar-refractivity contribution in [3.8, 4) is 17.3 Å². The van der Waals surface area contributed by atoms with E-state index < -0.39 is 0 Å². The molecule has 172 valence electrons. The number of nitrogens with one attached hydrogen (secondary N) is 1. The van der Waals surface area contributed by atoms with E-state index in [0.29, 0.717) is 42.7 Å². The van der Waals surface area contributed by atoms with Crippen LogP contribution in [0.4, 0.5) is 0 Å². The summed E-state index contributed by atoms with van der Waals surface area (Å²) in [6.45, 7) is 3.56. The molecule has 1 saturated carbocycles. The van der Waals surface area contributed by atoms with Crippen LogP contribution in [0.3, 0.4) is 0 Å². The maximum Gasteiger partial charge on any atom is 0.252 e. The van der Waals surface area contributed by atoms with Gasteiger partial charge in [-0.05, 0) is 55.7 Å². The van der Waals surface area contributed by atoms with Crippen molar-refractivity contribution >= 4 is 16.9 Å². The monoisotopic (exact) mass is 455 g/mol. The van der Waals surface area contributed by atoms with Crippen molar-refractivity contribution in [1.29, 1.82) is 0 Å². The first-order valence-corrected chi connectivity index (χ1v) is 11.7. The lowest BCUT2D eigenvalue weighted by atomic mass is 10.1. The van der Waals surface area contributed by atoms with Gasteiger partial charge in [-0.1, -0.05) is 12.1 Å². The number of benzene rings is 1. The van der Waals surface area contributed by atoms with Gasteiger partial charge >= 0.3 is 0 Å². The Hall–Kier alpha value is -3.94. The van der Waals surface area contributed by atoms with Crippen molar-refractivity contribution in [1.82, 2.24) is 25.1 Å². The van der Waals surface area contributed by atoms with Crippen LogP contribution < -0.4 is 14.8 Å². The molecule has 1 fully saturated rings. The van der Waals surface area contributed by atoms with Crippen LogP contribution in [0.25, 0.3) is 16.9 Å². The lowest BCUT2D eigenvalue weighted by Crippen LogP contribution is -2.23. The van der Waals surface area contributed by atoms with Crippen molar-refractivity contribution in [2.24, 2.45) is 0 Å². The maximum absolute atomic E-state index is 13.4. The molecule has 34 heavy (non-hydrogen) atoms. The Labute approximate surface area is 196 Å². The van der Waals surface area contributed by atoms with Gasteiger partial charge in [0.15, 0.2) is 23.0 Å². The van der Waals surface area contributed by atoms with E-state index in [1.165, 1.54) is 0 Å². The van der Waals surface area contributed by atoms with Gasteiger partial charge in [-0.15, -0.1) is 0 Å². The molecular weight excluding hydrogens is 430 g/mol. The lowest BCUT2D eigenvalue weighted by molar-refractivity contribution is 0.0952. The minimum absolute atomic E-state index is 0.148. The van der Waals surface area contributed by atoms with Crippen LogP contribution >= 0.6 is 0 Å². The van der Waals surface area contributed by atoms with Crippen molar-refractivity contribution in [3.05, 3.63) is 71.2 Å². The summed E-state index contributed by atoms with van der Waals surface area (Å²) in [5.74, 6) is 2.39. The van der Waals surface area contributed by atoms with E-state index in [2.05, 4.69) is 15.4 Å². The van der Waals surface area contributed by atoms with E-state index in [1.54, 1.807) is 10.9 Å². The fraction of sp³-hybridized carbons (Fsp3) is 0.308. The van der Waals surface area contributed by atoms with Crippen LogP contribution in [0.2, 0.25) is 0 Å². The minimum atomic E-state index is -0.148. The second-order valence-corrected chi connectivity index (χ2v) is 8.77. The third kappa shape index (κ3) is 3.85. The fourth-order valence-corrected chi connectivity index (χ4v) is 4.31. The summed E-state index contributed by atoms with van der Waals surface area (Å²) < 4.78 is 13.2. The van der Waals surface area contributed by atoms with E-state index in [-0.39, 0.29) is 5.91 Å². The number of carbonyl (C=O) groups excluding carboxylic acids is 1. The van der Waals surface area contributed by atoms with Crippen molar-refractivity contribution in [2.75, 3.05) is 13.2 Å². The molecule has 6 rings (SSSR count). The van der Waals surface area contributed by atoms with Crippen LogP contribution in [0.1, 0.15) is 52.5 Å². The average Bonchev–Trinajstić information content (AvgIpc) is 3.69. The topological polar surface area (TPSA) is 91.2 Å². The molecule has 8 nitrogen and oxygen atoms in total. The predicted molar refractivity (Wildman–Crippen MR) is 127 cm³/mol. The standard InChI is InChI=1S/C26H25N5O3/c1-16-24-19(26(32)28-15-17-6-9-21-22(13-17)34-12-4-11-33-21)14-20(18-7-8-18)29-25(24)31(30-16)23-5-2-3-10-27-23/h2-3,5-6,9-10,13-14,18H,4,7-8,11-12,15H2,1H3,(H,28,32). The Balaban J connectivity index is 1.33. The molecule has 8 heteroatoms. The maximum atomic E-state index is 13.4. The number of amides is 1. The van der Waals surface area contributed by atoms with E-state index in [1.807, 2.05) is 49.4 Å². The van der Waals surface area contributed by atoms with Crippen LogP contribution in [-0.4, -0.2) is 38.9 Å². The van der Waals surface area contributed by atoms with Crippen LogP contribution in [0.15, 0.2) is 48.7 Å². The van der Waals surface area contributed by atoms with Gasteiger partial charge in [0.25, 0.3) is 5.91 Å². The molecule has 0 spiro atoms. The molecule has 4 heterocycles. The third-order valence-corrected chi connectivity index (χ3v) is 6.20. The number of ether oxygens (including phenoxy) is 2. The van der Waals surface area contributed by atoms with Crippen molar-refractivity contribution in [2.45, 2.75) is 38.6 Å². The quantitative estimate of drug-likeness (QED) is 0.487. The van der Waals surface area contributed by atoms with Crippen LogP contribution in [-0.2, 0) is 6.54 Å². The van der Waals surface area contributed by atoms with Crippen LogP contribution in [0.5, 0.6) is 11.5 Å². The first-order chi connectivity index (χ1) is 16.7. The summed E-state index contributed by atoms with van der Waals surface area (Å²) in [6.07, 6.45) is 4.76. The molecule has 1 N–H and O–H groups in total. The summed E-state index contributed by atoms with van der Waals surface area (Å²) >= 11 is 0. The molecule has 4 aromatic rings. The van der Waals surface area contributed by atoms with Gasteiger partial charge in [-0.25, -0.2) is 9.97 Å². The number of hydrogen-bond donors (Lipinski definition) is 1. The first kappa shape index (κ1) is 20.7.